The highest BCUT2D eigenvalue weighted by molar-refractivity contribution is 9.10. The van der Waals surface area contributed by atoms with Crippen LogP contribution in [0, 0.1) is 6.92 Å². The Morgan fingerprint density at radius 3 is 2.48 bits per heavy atom. The second-order valence-electron chi connectivity index (χ2n) is 10.8. The van der Waals surface area contributed by atoms with Gasteiger partial charge in [0.25, 0.3) is 5.91 Å². The Morgan fingerprint density at radius 1 is 0.952 bits per heavy atom. The van der Waals surface area contributed by atoms with Gasteiger partial charge in [-0.1, -0.05) is 40.2 Å². The van der Waals surface area contributed by atoms with E-state index in [1.165, 1.54) is 5.56 Å². The number of amides is 1. The quantitative estimate of drug-likeness (QED) is 0.207. The number of piperazine rings is 1. The number of anilines is 1. The van der Waals surface area contributed by atoms with E-state index in [9.17, 15) is 4.79 Å². The molecule has 3 aromatic heterocycles. The SMILES string of the molecule is Cc1c[nH]c(-c2ccc(NC(=O)c3ccc(CN4CCN(C)CC4)c(Br)c3)cc2)c1-c1cccc(-c2cccnc2)n1. The highest BCUT2D eigenvalue weighted by Gasteiger charge is 2.17. The largest absolute Gasteiger partial charge is 0.360 e. The van der Waals surface area contributed by atoms with Gasteiger partial charge in [-0.25, -0.2) is 4.98 Å². The summed E-state index contributed by atoms with van der Waals surface area (Å²) in [6.07, 6.45) is 5.59. The van der Waals surface area contributed by atoms with Crippen molar-refractivity contribution in [3.8, 4) is 33.8 Å². The molecule has 0 unspecified atom stereocenters. The molecule has 2 N–H and O–H groups in total. The first kappa shape index (κ1) is 28.0. The number of carbonyl (C=O) groups is 1. The van der Waals surface area contributed by atoms with E-state index in [0.29, 0.717) is 5.56 Å². The Bertz CT molecular complexity index is 1690. The third kappa shape index (κ3) is 6.21. The van der Waals surface area contributed by atoms with Crippen molar-refractivity contribution in [3.05, 3.63) is 113 Å². The molecule has 0 bridgehead atoms. The van der Waals surface area contributed by atoms with Crippen LogP contribution in [0.2, 0.25) is 0 Å². The molecule has 1 fully saturated rings. The van der Waals surface area contributed by atoms with Gasteiger partial charge in [0.05, 0.1) is 17.1 Å². The molecule has 4 heterocycles. The summed E-state index contributed by atoms with van der Waals surface area (Å²) >= 11 is 3.69. The number of nitrogens with zero attached hydrogens (tertiary/aromatic N) is 4. The lowest BCUT2D eigenvalue weighted by molar-refractivity contribution is 0.102. The monoisotopic (exact) mass is 620 g/mol. The molecule has 42 heavy (non-hydrogen) atoms. The van der Waals surface area contributed by atoms with E-state index in [-0.39, 0.29) is 5.91 Å². The number of aryl methyl sites for hydroxylation is 1. The molecule has 7 nitrogen and oxygen atoms in total. The predicted octanol–water partition coefficient (Wildman–Crippen LogP) is 6.88. The molecule has 1 aliphatic rings. The first-order valence-corrected chi connectivity index (χ1v) is 14.9. The number of likely N-dealkylation sites (N-methyl/N-ethyl adjacent to an activating group) is 1. The maximum atomic E-state index is 13.1. The molecule has 0 spiro atoms. The van der Waals surface area contributed by atoms with E-state index in [0.717, 1.165) is 82.2 Å². The molecule has 2 aromatic carbocycles. The van der Waals surface area contributed by atoms with Gasteiger partial charge in [-0.05, 0) is 79.2 Å². The average molecular weight is 622 g/mol. The zero-order valence-electron chi connectivity index (χ0n) is 23.8. The van der Waals surface area contributed by atoms with Crippen molar-refractivity contribution in [2.24, 2.45) is 0 Å². The van der Waals surface area contributed by atoms with Crippen LogP contribution < -0.4 is 5.32 Å². The average Bonchev–Trinajstić information content (AvgIpc) is 3.41. The van der Waals surface area contributed by atoms with Crippen molar-refractivity contribution in [2.75, 3.05) is 38.5 Å². The summed E-state index contributed by atoms with van der Waals surface area (Å²) in [5.41, 5.74) is 9.47. The minimum absolute atomic E-state index is 0.137. The van der Waals surface area contributed by atoms with E-state index in [2.05, 4.69) is 55.0 Å². The lowest BCUT2D eigenvalue weighted by atomic mass is 10.0. The first-order chi connectivity index (χ1) is 20.4. The smallest absolute Gasteiger partial charge is 0.255 e. The Morgan fingerprint density at radius 2 is 1.74 bits per heavy atom. The van der Waals surface area contributed by atoms with Crippen molar-refractivity contribution >= 4 is 27.5 Å². The van der Waals surface area contributed by atoms with Gasteiger partial charge in [0, 0.05) is 78.2 Å². The lowest BCUT2D eigenvalue weighted by Gasteiger charge is -2.32. The van der Waals surface area contributed by atoms with Crippen LogP contribution in [-0.4, -0.2) is 63.9 Å². The molecule has 6 rings (SSSR count). The molecule has 212 valence electrons. The maximum absolute atomic E-state index is 13.1. The van der Waals surface area contributed by atoms with Gasteiger partial charge < -0.3 is 15.2 Å². The van der Waals surface area contributed by atoms with Gasteiger partial charge in [-0.15, -0.1) is 0 Å². The molecule has 1 aliphatic heterocycles. The van der Waals surface area contributed by atoms with E-state index in [1.807, 2.05) is 85.2 Å². The number of hydrogen-bond donors (Lipinski definition) is 2. The van der Waals surface area contributed by atoms with Crippen LogP contribution in [0.25, 0.3) is 33.8 Å². The molecule has 0 saturated carbocycles. The van der Waals surface area contributed by atoms with E-state index >= 15 is 0 Å². The van der Waals surface area contributed by atoms with E-state index < -0.39 is 0 Å². The molecule has 5 aromatic rings. The van der Waals surface area contributed by atoms with E-state index in [4.69, 9.17) is 4.98 Å². The van der Waals surface area contributed by atoms with Gasteiger partial charge in [-0.3, -0.25) is 14.7 Å². The summed E-state index contributed by atoms with van der Waals surface area (Å²) in [4.78, 5) is 30.5. The first-order valence-electron chi connectivity index (χ1n) is 14.1. The number of nitrogens with one attached hydrogen (secondary N) is 2. The summed E-state index contributed by atoms with van der Waals surface area (Å²) in [6, 6.07) is 23.8. The molecule has 0 aliphatic carbocycles. The Balaban J connectivity index is 1.16. The van der Waals surface area contributed by atoms with E-state index in [1.54, 1.807) is 6.20 Å². The number of carbonyl (C=O) groups excluding carboxylic acids is 1. The number of benzene rings is 2. The third-order valence-corrected chi connectivity index (χ3v) is 8.51. The number of hydrogen-bond acceptors (Lipinski definition) is 5. The van der Waals surface area contributed by atoms with Gasteiger partial charge in [-0.2, -0.15) is 0 Å². The summed E-state index contributed by atoms with van der Waals surface area (Å²) in [6.45, 7) is 7.23. The highest BCUT2D eigenvalue weighted by atomic mass is 79.9. The zero-order valence-corrected chi connectivity index (χ0v) is 25.4. The number of pyridine rings is 2. The number of halogens is 1. The minimum Gasteiger partial charge on any atom is -0.360 e. The van der Waals surface area contributed by atoms with Gasteiger partial charge in [0.2, 0.25) is 0 Å². The van der Waals surface area contributed by atoms with Crippen LogP contribution in [0.5, 0.6) is 0 Å². The van der Waals surface area contributed by atoms with Gasteiger partial charge in [0.1, 0.15) is 0 Å². The van der Waals surface area contributed by atoms with Crippen molar-refractivity contribution < 1.29 is 4.79 Å². The molecule has 1 saturated heterocycles. The lowest BCUT2D eigenvalue weighted by Crippen LogP contribution is -2.43. The Kier molecular flexibility index (Phi) is 8.28. The number of H-pyrrole nitrogens is 1. The second kappa shape index (κ2) is 12.4. The van der Waals surface area contributed by atoms with Crippen LogP contribution in [0.1, 0.15) is 21.5 Å². The van der Waals surface area contributed by atoms with Crippen LogP contribution in [-0.2, 0) is 6.54 Å². The normalized spacial score (nSPS) is 14.2. The highest BCUT2D eigenvalue weighted by Crippen LogP contribution is 2.35. The topological polar surface area (TPSA) is 77.2 Å². The van der Waals surface area contributed by atoms with Crippen LogP contribution in [0.4, 0.5) is 5.69 Å². The third-order valence-electron chi connectivity index (χ3n) is 7.78. The molecular formula is C34H33BrN6O. The summed E-state index contributed by atoms with van der Waals surface area (Å²) in [7, 11) is 2.16. The summed E-state index contributed by atoms with van der Waals surface area (Å²) in [5, 5.41) is 3.04. The molecule has 8 heteroatoms. The molecule has 1 amide bonds. The van der Waals surface area contributed by atoms with Crippen LogP contribution in [0.15, 0.2) is 95.9 Å². The number of rotatable bonds is 7. The number of aromatic amines is 1. The maximum Gasteiger partial charge on any atom is 0.255 e. The minimum atomic E-state index is -0.137. The van der Waals surface area contributed by atoms with Crippen molar-refractivity contribution in [1.82, 2.24) is 24.8 Å². The molecular weight excluding hydrogens is 588 g/mol. The Hall–Kier alpha value is -4.11. The van der Waals surface area contributed by atoms with Crippen molar-refractivity contribution in [3.63, 3.8) is 0 Å². The fraction of sp³-hybridized carbons (Fsp3) is 0.206. The second-order valence-corrected chi connectivity index (χ2v) is 11.6. The van der Waals surface area contributed by atoms with Crippen LogP contribution in [0.3, 0.4) is 0 Å². The fourth-order valence-electron chi connectivity index (χ4n) is 5.32. The zero-order chi connectivity index (χ0) is 29.1. The van der Waals surface area contributed by atoms with Gasteiger partial charge in [0.15, 0.2) is 0 Å². The summed E-state index contributed by atoms with van der Waals surface area (Å²) in [5.74, 6) is -0.137. The van der Waals surface area contributed by atoms with Gasteiger partial charge >= 0.3 is 0 Å². The summed E-state index contributed by atoms with van der Waals surface area (Å²) < 4.78 is 0.959. The fourth-order valence-corrected chi connectivity index (χ4v) is 5.82. The number of aromatic nitrogens is 3. The standard InChI is InChI=1S/C34H33BrN6O/c1-23-20-37-33(32(23)31-7-3-6-30(39-31)26-5-4-14-36-21-26)24-10-12-28(13-11-24)38-34(42)25-8-9-27(29(35)19-25)22-41-17-15-40(2)16-18-41/h3-14,19-21,37H,15-18,22H2,1-2H3,(H,38,42). The Labute approximate surface area is 254 Å². The van der Waals surface area contributed by atoms with Crippen molar-refractivity contribution in [2.45, 2.75) is 13.5 Å². The van der Waals surface area contributed by atoms with Crippen molar-refractivity contribution in [1.29, 1.82) is 0 Å². The molecule has 0 radical (unpaired) electrons. The molecule has 0 atom stereocenters. The van der Waals surface area contributed by atoms with Crippen LogP contribution >= 0.6 is 15.9 Å². The predicted molar refractivity (Wildman–Crippen MR) is 172 cm³/mol.